The number of benzene rings is 2. The molecule has 1 fully saturated rings. The maximum absolute atomic E-state index is 5.94. The van der Waals surface area contributed by atoms with Crippen LogP contribution in [0.25, 0.3) is 10.9 Å². The Kier molecular flexibility index (Phi) is 3.72. The number of para-hydroxylation sites is 1. The first kappa shape index (κ1) is 15.3. The molecular formula is C21H21ClN2O. The number of aromatic nitrogens is 1. The molecule has 2 aliphatic heterocycles. The number of rotatable bonds is 4. The third-order valence-corrected chi connectivity index (χ3v) is 5.93. The summed E-state index contributed by atoms with van der Waals surface area (Å²) >= 11 is 5.93. The van der Waals surface area contributed by atoms with Crippen LogP contribution in [0.5, 0.6) is 5.75 Å². The average Bonchev–Trinajstić information content (AvgIpc) is 3.13. The van der Waals surface area contributed by atoms with E-state index in [2.05, 4.69) is 34.1 Å². The van der Waals surface area contributed by atoms with Gasteiger partial charge in [-0.25, -0.2) is 0 Å². The van der Waals surface area contributed by atoms with Crippen LogP contribution in [0.4, 0.5) is 0 Å². The Morgan fingerprint density at radius 3 is 2.80 bits per heavy atom. The van der Waals surface area contributed by atoms with Gasteiger partial charge in [-0.05, 0) is 48.7 Å². The van der Waals surface area contributed by atoms with Crippen molar-refractivity contribution in [2.75, 3.05) is 13.2 Å². The minimum absolute atomic E-state index is 0.527. The van der Waals surface area contributed by atoms with Gasteiger partial charge in [0.1, 0.15) is 12.4 Å². The van der Waals surface area contributed by atoms with Crippen molar-refractivity contribution < 1.29 is 4.74 Å². The Morgan fingerprint density at radius 1 is 1.08 bits per heavy atom. The van der Waals surface area contributed by atoms with Gasteiger partial charge < -0.3 is 9.72 Å². The standard InChI is InChI=1S/C21H21ClN2O/c22-14-5-8-16(9-6-14)25-12-11-24-15-7-10-20(24)21-17-3-1-2-4-18(17)23-19(21)13-15/h1-6,8-9,15,20,23H,7,10-13H2/t15-,20+/m0/s1. The molecule has 2 aliphatic rings. The highest BCUT2D eigenvalue weighted by Gasteiger charge is 2.41. The molecular weight excluding hydrogens is 332 g/mol. The molecule has 5 rings (SSSR count). The minimum atomic E-state index is 0.527. The fourth-order valence-corrected chi connectivity index (χ4v) is 4.73. The molecule has 3 heterocycles. The van der Waals surface area contributed by atoms with E-state index in [1.54, 1.807) is 0 Å². The molecule has 25 heavy (non-hydrogen) atoms. The first-order chi connectivity index (χ1) is 12.3. The molecule has 2 atom stereocenters. The maximum atomic E-state index is 5.94. The monoisotopic (exact) mass is 352 g/mol. The van der Waals surface area contributed by atoms with E-state index in [0.29, 0.717) is 18.7 Å². The minimum Gasteiger partial charge on any atom is -0.492 e. The van der Waals surface area contributed by atoms with E-state index in [-0.39, 0.29) is 0 Å². The largest absolute Gasteiger partial charge is 0.492 e. The molecule has 0 saturated carbocycles. The van der Waals surface area contributed by atoms with E-state index < -0.39 is 0 Å². The third kappa shape index (κ3) is 2.62. The van der Waals surface area contributed by atoms with Gasteiger partial charge in [0.2, 0.25) is 0 Å². The quantitative estimate of drug-likeness (QED) is 0.718. The summed E-state index contributed by atoms with van der Waals surface area (Å²) in [5.74, 6) is 0.890. The van der Waals surface area contributed by atoms with Crippen LogP contribution in [-0.2, 0) is 6.42 Å². The maximum Gasteiger partial charge on any atom is 0.119 e. The van der Waals surface area contributed by atoms with E-state index in [9.17, 15) is 0 Å². The number of nitrogens with zero attached hydrogens (tertiary/aromatic N) is 1. The number of hydrogen-bond acceptors (Lipinski definition) is 2. The first-order valence-electron chi connectivity index (χ1n) is 9.03. The fourth-order valence-electron chi connectivity index (χ4n) is 4.60. The van der Waals surface area contributed by atoms with Crippen LogP contribution in [0.1, 0.15) is 30.1 Å². The molecule has 4 heteroatoms. The zero-order chi connectivity index (χ0) is 16.8. The molecule has 0 aliphatic carbocycles. The summed E-state index contributed by atoms with van der Waals surface area (Å²) in [6.45, 7) is 1.68. The second-order valence-electron chi connectivity index (χ2n) is 7.05. The zero-order valence-electron chi connectivity index (χ0n) is 14.0. The highest BCUT2D eigenvalue weighted by Crippen LogP contribution is 2.46. The van der Waals surface area contributed by atoms with Gasteiger partial charge in [0.05, 0.1) is 0 Å². The molecule has 128 valence electrons. The smallest absolute Gasteiger partial charge is 0.119 e. The van der Waals surface area contributed by atoms with Crippen LogP contribution in [-0.4, -0.2) is 29.1 Å². The van der Waals surface area contributed by atoms with E-state index in [1.165, 1.54) is 35.0 Å². The van der Waals surface area contributed by atoms with E-state index in [1.807, 2.05) is 24.3 Å². The molecule has 0 radical (unpaired) electrons. The molecule has 3 nitrogen and oxygen atoms in total. The molecule has 0 spiro atoms. The van der Waals surface area contributed by atoms with Crippen LogP contribution in [0.15, 0.2) is 48.5 Å². The van der Waals surface area contributed by atoms with Crippen molar-refractivity contribution in [2.45, 2.75) is 31.3 Å². The van der Waals surface area contributed by atoms with Crippen LogP contribution < -0.4 is 4.74 Å². The van der Waals surface area contributed by atoms with Crippen LogP contribution in [0, 0.1) is 0 Å². The van der Waals surface area contributed by atoms with E-state index in [0.717, 1.165) is 23.7 Å². The Labute approximate surface area is 152 Å². The SMILES string of the molecule is Clc1ccc(OCCN2[C@H]3CC[C@@H]2c2c([nH]c4ccccc24)C3)cc1. The van der Waals surface area contributed by atoms with Crippen LogP contribution in [0.3, 0.4) is 0 Å². The average molecular weight is 353 g/mol. The van der Waals surface area contributed by atoms with Crippen molar-refractivity contribution in [3.63, 3.8) is 0 Å². The Balaban J connectivity index is 1.34. The fraction of sp³-hybridized carbons (Fsp3) is 0.333. The predicted octanol–water partition coefficient (Wildman–Crippen LogP) is 4.96. The molecule has 1 saturated heterocycles. The number of H-pyrrole nitrogens is 1. The summed E-state index contributed by atoms with van der Waals surface area (Å²) in [5, 5.41) is 2.14. The topological polar surface area (TPSA) is 28.3 Å². The van der Waals surface area contributed by atoms with Crippen molar-refractivity contribution >= 4 is 22.5 Å². The van der Waals surface area contributed by atoms with Gasteiger partial charge in [-0.1, -0.05) is 29.8 Å². The second-order valence-corrected chi connectivity index (χ2v) is 7.49. The van der Waals surface area contributed by atoms with Gasteiger partial charge in [0.15, 0.2) is 0 Å². The second kappa shape index (κ2) is 6.08. The van der Waals surface area contributed by atoms with Crippen molar-refractivity contribution in [1.29, 1.82) is 0 Å². The predicted molar refractivity (Wildman–Crippen MR) is 101 cm³/mol. The van der Waals surface area contributed by atoms with Crippen LogP contribution >= 0.6 is 11.6 Å². The number of nitrogens with one attached hydrogen (secondary N) is 1. The third-order valence-electron chi connectivity index (χ3n) is 5.68. The molecule has 2 aromatic carbocycles. The lowest BCUT2D eigenvalue weighted by molar-refractivity contribution is 0.144. The summed E-state index contributed by atoms with van der Waals surface area (Å²) in [6, 6.07) is 17.5. The zero-order valence-corrected chi connectivity index (χ0v) is 14.8. The summed E-state index contributed by atoms with van der Waals surface area (Å²) in [7, 11) is 0. The molecule has 0 amide bonds. The lowest BCUT2D eigenvalue weighted by Crippen LogP contribution is -2.39. The summed E-state index contributed by atoms with van der Waals surface area (Å²) in [5.41, 5.74) is 4.25. The summed E-state index contributed by atoms with van der Waals surface area (Å²) in [6.07, 6.45) is 3.66. The van der Waals surface area contributed by atoms with Crippen molar-refractivity contribution in [3.05, 3.63) is 64.8 Å². The van der Waals surface area contributed by atoms with Crippen molar-refractivity contribution in [1.82, 2.24) is 9.88 Å². The lowest BCUT2D eigenvalue weighted by Gasteiger charge is -2.34. The highest BCUT2D eigenvalue weighted by molar-refractivity contribution is 6.30. The highest BCUT2D eigenvalue weighted by atomic mass is 35.5. The number of ether oxygens (including phenoxy) is 1. The van der Waals surface area contributed by atoms with Gasteiger partial charge in [0, 0.05) is 46.7 Å². The molecule has 3 aromatic rings. The Bertz CT molecular complexity index is 902. The van der Waals surface area contributed by atoms with Gasteiger partial charge in [-0.3, -0.25) is 4.90 Å². The van der Waals surface area contributed by atoms with Crippen molar-refractivity contribution in [2.24, 2.45) is 0 Å². The lowest BCUT2D eigenvalue weighted by atomic mass is 9.97. The normalized spacial score (nSPS) is 22.3. The van der Waals surface area contributed by atoms with Gasteiger partial charge >= 0.3 is 0 Å². The summed E-state index contributed by atoms with van der Waals surface area (Å²) < 4.78 is 5.94. The molecule has 2 bridgehead atoms. The van der Waals surface area contributed by atoms with Gasteiger partial charge in [-0.15, -0.1) is 0 Å². The number of fused-ring (bicyclic) bond motifs is 6. The number of hydrogen-bond donors (Lipinski definition) is 1. The Morgan fingerprint density at radius 2 is 1.92 bits per heavy atom. The molecule has 1 N–H and O–H groups in total. The van der Waals surface area contributed by atoms with Gasteiger partial charge in [0.25, 0.3) is 0 Å². The van der Waals surface area contributed by atoms with E-state index >= 15 is 0 Å². The number of halogens is 1. The van der Waals surface area contributed by atoms with Gasteiger partial charge in [-0.2, -0.15) is 0 Å². The molecule has 0 unspecified atom stereocenters. The van der Waals surface area contributed by atoms with Crippen molar-refractivity contribution in [3.8, 4) is 5.75 Å². The van der Waals surface area contributed by atoms with Crippen LogP contribution in [0.2, 0.25) is 5.02 Å². The number of aromatic amines is 1. The molecule has 1 aromatic heterocycles. The summed E-state index contributed by atoms with van der Waals surface area (Å²) in [4.78, 5) is 6.31. The first-order valence-corrected chi connectivity index (χ1v) is 9.41. The Hall–Kier alpha value is -1.97. The van der Waals surface area contributed by atoms with E-state index in [4.69, 9.17) is 16.3 Å².